The van der Waals surface area contributed by atoms with Crippen LogP contribution < -0.4 is 4.74 Å². The molecule has 1 aliphatic carbocycles. The van der Waals surface area contributed by atoms with Crippen LogP contribution in [0.25, 0.3) is 0 Å². The van der Waals surface area contributed by atoms with E-state index in [1.807, 2.05) is 30.3 Å². The van der Waals surface area contributed by atoms with Crippen LogP contribution in [0.3, 0.4) is 0 Å². The van der Waals surface area contributed by atoms with Crippen LogP contribution in [0.2, 0.25) is 0 Å². The first-order chi connectivity index (χ1) is 18.8. The van der Waals surface area contributed by atoms with Gasteiger partial charge in [-0.2, -0.15) is 9.78 Å². The molecule has 1 aromatic heterocycles. The highest BCUT2D eigenvalue weighted by Gasteiger charge is 2.53. The van der Waals surface area contributed by atoms with E-state index in [9.17, 15) is 19.5 Å². The topological polar surface area (TPSA) is 108 Å². The summed E-state index contributed by atoms with van der Waals surface area (Å²) < 4.78 is 12.4. The third-order valence-electron chi connectivity index (χ3n) is 6.91. The first kappa shape index (κ1) is 26.1. The van der Waals surface area contributed by atoms with E-state index in [2.05, 4.69) is 5.10 Å². The van der Waals surface area contributed by atoms with Crippen molar-refractivity contribution in [3.63, 3.8) is 0 Å². The van der Waals surface area contributed by atoms with Crippen molar-refractivity contribution in [2.45, 2.75) is 31.8 Å². The molecule has 0 radical (unpaired) electrons. The van der Waals surface area contributed by atoms with E-state index >= 15 is 0 Å². The lowest BCUT2D eigenvalue weighted by molar-refractivity contribution is -0.159. The summed E-state index contributed by atoms with van der Waals surface area (Å²) in [7, 11) is 0. The summed E-state index contributed by atoms with van der Waals surface area (Å²) in [6, 6.07) is 26.0. The van der Waals surface area contributed by atoms with Gasteiger partial charge in [0, 0.05) is 23.5 Å². The number of nitrogens with zero attached hydrogens (tertiary/aromatic N) is 2. The predicted molar refractivity (Wildman–Crippen MR) is 143 cm³/mol. The van der Waals surface area contributed by atoms with Gasteiger partial charge in [0.2, 0.25) is 5.88 Å². The molecule has 1 heterocycles. The van der Waals surface area contributed by atoms with Crippen molar-refractivity contribution in [2.75, 3.05) is 6.61 Å². The highest BCUT2D eigenvalue weighted by atomic mass is 16.5. The van der Waals surface area contributed by atoms with Crippen molar-refractivity contribution >= 4 is 17.8 Å². The zero-order valence-corrected chi connectivity index (χ0v) is 21.6. The molecular weight excluding hydrogens is 496 g/mol. The number of benzene rings is 3. The number of hydrogen-bond donors (Lipinski definition) is 1. The minimum atomic E-state index is -1.56. The highest BCUT2D eigenvalue weighted by Crippen LogP contribution is 2.49. The Kier molecular flexibility index (Phi) is 7.13. The SMILES string of the molecule is CCOC(=O)[C@@H]1[C@@H](c2ccccc2)c2c(nn(C(=O)c3ccccc3)c2OC(=O)c2ccccc2)C[C@]1(C)O. The average Bonchev–Trinajstić information content (AvgIpc) is 3.29. The van der Waals surface area contributed by atoms with Gasteiger partial charge >= 0.3 is 11.9 Å². The molecular formula is C31H28N2O6. The van der Waals surface area contributed by atoms with Gasteiger partial charge in [-0.05, 0) is 43.7 Å². The average molecular weight is 525 g/mol. The fourth-order valence-electron chi connectivity index (χ4n) is 5.18. The summed E-state index contributed by atoms with van der Waals surface area (Å²) in [4.78, 5) is 40.3. The van der Waals surface area contributed by atoms with Gasteiger partial charge in [-0.3, -0.25) is 9.59 Å². The van der Waals surface area contributed by atoms with Gasteiger partial charge in [0.1, 0.15) is 0 Å². The first-order valence-corrected chi connectivity index (χ1v) is 12.7. The Bertz CT molecular complexity index is 1500. The summed E-state index contributed by atoms with van der Waals surface area (Å²) in [6.07, 6.45) is -0.0555. The molecule has 0 unspecified atom stereocenters. The molecule has 4 aromatic rings. The van der Waals surface area contributed by atoms with E-state index in [0.29, 0.717) is 22.4 Å². The molecule has 1 aliphatic rings. The van der Waals surface area contributed by atoms with Crippen molar-refractivity contribution in [3.8, 4) is 5.88 Å². The molecule has 0 saturated heterocycles. The van der Waals surface area contributed by atoms with E-state index in [-0.39, 0.29) is 24.5 Å². The van der Waals surface area contributed by atoms with E-state index in [0.717, 1.165) is 4.68 Å². The Hall–Kier alpha value is -4.56. The van der Waals surface area contributed by atoms with Crippen molar-refractivity contribution < 1.29 is 29.0 Å². The zero-order chi connectivity index (χ0) is 27.6. The fourth-order valence-corrected chi connectivity index (χ4v) is 5.18. The highest BCUT2D eigenvalue weighted by molar-refractivity contribution is 5.98. The maximum Gasteiger partial charge on any atom is 0.344 e. The maximum atomic E-state index is 13.7. The van der Waals surface area contributed by atoms with Crippen LogP contribution in [0.15, 0.2) is 91.0 Å². The summed E-state index contributed by atoms with van der Waals surface area (Å²) in [5, 5.41) is 16.1. The van der Waals surface area contributed by atoms with E-state index in [1.165, 1.54) is 0 Å². The lowest BCUT2D eigenvalue weighted by Crippen LogP contribution is -2.49. The molecule has 0 saturated carbocycles. The summed E-state index contributed by atoms with van der Waals surface area (Å²) in [5.41, 5.74) is 0.482. The first-order valence-electron chi connectivity index (χ1n) is 12.7. The third-order valence-corrected chi connectivity index (χ3v) is 6.91. The molecule has 3 atom stereocenters. The van der Waals surface area contributed by atoms with Gasteiger partial charge in [-0.25, -0.2) is 4.79 Å². The maximum absolute atomic E-state index is 13.7. The second-order valence-corrected chi connectivity index (χ2v) is 9.66. The van der Waals surface area contributed by atoms with Gasteiger partial charge in [-0.15, -0.1) is 0 Å². The largest absolute Gasteiger partial charge is 0.466 e. The van der Waals surface area contributed by atoms with Crippen molar-refractivity contribution in [1.82, 2.24) is 9.78 Å². The van der Waals surface area contributed by atoms with Crippen molar-refractivity contribution in [1.29, 1.82) is 0 Å². The number of fused-ring (bicyclic) bond motifs is 1. The Morgan fingerprint density at radius 1 is 0.923 bits per heavy atom. The lowest BCUT2D eigenvalue weighted by Gasteiger charge is -2.40. The monoisotopic (exact) mass is 524 g/mol. The van der Waals surface area contributed by atoms with Crippen LogP contribution in [0, 0.1) is 5.92 Å². The van der Waals surface area contributed by atoms with E-state index in [4.69, 9.17) is 9.47 Å². The Morgan fingerprint density at radius 3 is 2.08 bits per heavy atom. The molecule has 0 amide bonds. The minimum absolute atomic E-state index is 0.0555. The number of aromatic nitrogens is 2. The number of carbonyl (C=O) groups is 3. The lowest BCUT2D eigenvalue weighted by atomic mass is 9.66. The number of rotatable bonds is 6. The van der Waals surface area contributed by atoms with Crippen LogP contribution in [0.1, 0.15) is 57.3 Å². The van der Waals surface area contributed by atoms with E-state index in [1.54, 1.807) is 74.5 Å². The molecule has 0 spiro atoms. The Balaban J connectivity index is 1.74. The third kappa shape index (κ3) is 4.98. The van der Waals surface area contributed by atoms with Crippen LogP contribution in [0.5, 0.6) is 5.88 Å². The van der Waals surface area contributed by atoms with Gasteiger partial charge in [0.25, 0.3) is 5.91 Å². The predicted octanol–water partition coefficient (Wildman–Crippen LogP) is 4.41. The second-order valence-electron chi connectivity index (χ2n) is 9.66. The quantitative estimate of drug-likeness (QED) is 0.372. The Labute approximate surface area is 225 Å². The van der Waals surface area contributed by atoms with Gasteiger partial charge in [0.15, 0.2) is 0 Å². The molecule has 39 heavy (non-hydrogen) atoms. The van der Waals surface area contributed by atoms with Crippen LogP contribution in [-0.4, -0.2) is 44.9 Å². The molecule has 8 heteroatoms. The van der Waals surface area contributed by atoms with Gasteiger partial charge in [-0.1, -0.05) is 66.7 Å². The second kappa shape index (κ2) is 10.7. The van der Waals surface area contributed by atoms with Crippen molar-refractivity contribution in [2.24, 2.45) is 5.92 Å². The van der Waals surface area contributed by atoms with Crippen molar-refractivity contribution in [3.05, 3.63) is 119 Å². The molecule has 198 valence electrons. The molecule has 5 rings (SSSR count). The Morgan fingerprint density at radius 2 is 1.49 bits per heavy atom. The van der Waals surface area contributed by atoms with Crippen LogP contribution in [0.4, 0.5) is 0 Å². The number of aliphatic hydroxyl groups is 1. The molecule has 0 fully saturated rings. The number of ether oxygens (including phenoxy) is 2. The standard InChI is InChI=1S/C31H28N2O6/c1-3-38-30(36)26-24(20-13-7-4-8-14-20)25-23(19-31(26,2)37)32-33(27(34)21-15-9-5-10-16-21)28(25)39-29(35)22-17-11-6-12-18-22/h4-18,24,26,37H,3,19H2,1-2H3/t24-,26-,31-/m0/s1. The smallest absolute Gasteiger partial charge is 0.344 e. The number of carbonyl (C=O) groups excluding carboxylic acids is 3. The molecule has 0 aliphatic heterocycles. The summed E-state index contributed by atoms with van der Waals surface area (Å²) in [5.74, 6) is -3.74. The molecule has 8 nitrogen and oxygen atoms in total. The molecule has 0 bridgehead atoms. The summed E-state index contributed by atoms with van der Waals surface area (Å²) >= 11 is 0. The number of esters is 2. The van der Waals surface area contributed by atoms with Crippen LogP contribution >= 0.6 is 0 Å². The molecule has 1 N–H and O–H groups in total. The number of hydrogen-bond acceptors (Lipinski definition) is 7. The van der Waals surface area contributed by atoms with Crippen LogP contribution in [-0.2, 0) is 16.0 Å². The van der Waals surface area contributed by atoms with Gasteiger partial charge in [0.05, 0.1) is 29.4 Å². The normalized spacial score (nSPS) is 20.1. The molecule has 3 aromatic carbocycles. The fraction of sp³-hybridized carbons (Fsp3) is 0.226. The summed E-state index contributed by atoms with van der Waals surface area (Å²) in [6.45, 7) is 3.38. The van der Waals surface area contributed by atoms with Gasteiger partial charge < -0.3 is 14.6 Å². The minimum Gasteiger partial charge on any atom is -0.466 e. The zero-order valence-electron chi connectivity index (χ0n) is 21.6. The van der Waals surface area contributed by atoms with E-state index < -0.39 is 35.3 Å².